The van der Waals surface area contributed by atoms with E-state index in [1.165, 1.54) is 0 Å². The Labute approximate surface area is 95.4 Å². The Kier molecular flexibility index (Phi) is 4.67. The highest BCUT2D eigenvalue weighted by Crippen LogP contribution is 2.19. The molecule has 0 aromatic heterocycles. The van der Waals surface area contributed by atoms with Gasteiger partial charge in [0.05, 0.1) is 6.42 Å². The molecule has 1 aromatic rings. The molecule has 0 aliphatic rings. The zero-order valence-corrected chi connectivity index (χ0v) is 9.07. The van der Waals surface area contributed by atoms with Crippen LogP contribution >= 0.6 is 11.9 Å². The van der Waals surface area contributed by atoms with Crippen LogP contribution in [0.3, 0.4) is 0 Å². The van der Waals surface area contributed by atoms with Gasteiger partial charge in [-0.3, -0.25) is 9.52 Å². The predicted molar refractivity (Wildman–Crippen MR) is 56.8 cm³/mol. The summed E-state index contributed by atoms with van der Waals surface area (Å²) in [7, 11) is 0. The van der Waals surface area contributed by atoms with Crippen LogP contribution in [0.2, 0.25) is 0 Å². The van der Waals surface area contributed by atoms with E-state index in [-0.39, 0.29) is 6.42 Å². The number of carbonyl (C=O) groups is 1. The number of halogens is 3. The molecule has 16 heavy (non-hydrogen) atoms. The Hall–Kier alpha value is -1.17. The first-order valence-electron chi connectivity index (χ1n) is 4.49. The van der Waals surface area contributed by atoms with Crippen LogP contribution < -0.4 is 4.72 Å². The molecule has 0 aliphatic carbocycles. The molecule has 2 nitrogen and oxygen atoms in total. The molecule has 1 aromatic carbocycles. The maximum atomic E-state index is 11.8. The Bertz CT molecular complexity index is 340. The van der Waals surface area contributed by atoms with Crippen molar-refractivity contribution in [3.8, 4) is 0 Å². The van der Waals surface area contributed by atoms with Gasteiger partial charge in [0.2, 0.25) is 5.91 Å². The van der Waals surface area contributed by atoms with E-state index >= 15 is 0 Å². The summed E-state index contributed by atoms with van der Waals surface area (Å²) >= 11 is 0.363. The van der Waals surface area contributed by atoms with Crippen LogP contribution in [0.5, 0.6) is 0 Å². The van der Waals surface area contributed by atoms with E-state index in [0.29, 0.717) is 11.9 Å². The van der Waals surface area contributed by atoms with Gasteiger partial charge in [-0.1, -0.05) is 30.3 Å². The smallest absolute Gasteiger partial charge is 0.300 e. The van der Waals surface area contributed by atoms with Crippen LogP contribution in [0.4, 0.5) is 13.2 Å². The van der Waals surface area contributed by atoms with E-state index in [2.05, 4.69) is 4.72 Å². The fourth-order valence-corrected chi connectivity index (χ4v) is 1.48. The third kappa shape index (κ3) is 5.65. The molecule has 1 N–H and O–H groups in total. The van der Waals surface area contributed by atoms with Crippen molar-refractivity contribution in [2.24, 2.45) is 0 Å². The van der Waals surface area contributed by atoms with Crippen molar-refractivity contribution in [3.05, 3.63) is 35.9 Å². The number of benzene rings is 1. The molecule has 88 valence electrons. The first-order valence-corrected chi connectivity index (χ1v) is 5.47. The lowest BCUT2D eigenvalue weighted by Gasteiger charge is -2.06. The average Bonchev–Trinajstić information content (AvgIpc) is 2.17. The molecule has 0 unspecified atom stereocenters. The van der Waals surface area contributed by atoms with Crippen LogP contribution in [0.25, 0.3) is 0 Å². The van der Waals surface area contributed by atoms with Crippen molar-refractivity contribution >= 4 is 17.9 Å². The fourth-order valence-electron chi connectivity index (χ4n) is 1.02. The van der Waals surface area contributed by atoms with Crippen LogP contribution in [-0.2, 0) is 11.2 Å². The molecule has 0 atom stereocenters. The normalized spacial score (nSPS) is 11.2. The first-order chi connectivity index (χ1) is 7.47. The zero-order valence-electron chi connectivity index (χ0n) is 8.25. The third-order valence-electron chi connectivity index (χ3n) is 1.63. The van der Waals surface area contributed by atoms with E-state index in [1.807, 2.05) is 0 Å². The Morgan fingerprint density at radius 3 is 2.44 bits per heavy atom. The molecule has 6 heteroatoms. The van der Waals surface area contributed by atoms with Gasteiger partial charge in [-0.2, -0.15) is 13.2 Å². The number of rotatable bonds is 4. The van der Waals surface area contributed by atoms with Crippen molar-refractivity contribution in [2.75, 3.05) is 5.75 Å². The summed E-state index contributed by atoms with van der Waals surface area (Å²) in [5.74, 6) is -1.51. The van der Waals surface area contributed by atoms with E-state index in [9.17, 15) is 18.0 Å². The van der Waals surface area contributed by atoms with Crippen molar-refractivity contribution in [1.29, 1.82) is 0 Å². The molecule has 0 bridgehead atoms. The van der Waals surface area contributed by atoms with Crippen LogP contribution in [-0.4, -0.2) is 17.8 Å². The summed E-state index contributed by atoms with van der Waals surface area (Å²) in [4.78, 5) is 11.2. The fraction of sp³-hybridized carbons (Fsp3) is 0.300. The van der Waals surface area contributed by atoms with Gasteiger partial charge in [-0.05, 0) is 17.5 Å². The van der Waals surface area contributed by atoms with Crippen molar-refractivity contribution in [3.63, 3.8) is 0 Å². The van der Waals surface area contributed by atoms with Gasteiger partial charge in [0.25, 0.3) is 0 Å². The van der Waals surface area contributed by atoms with Crippen molar-refractivity contribution in [2.45, 2.75) is 12.6 Å². The molecular weight excluding hydrogens is 239 g/mol. The number of nitrogens with one attached hydrogen (secondary N) is 1. The molecule has 0 saturated carbocycles. The van der Waals surface area contributed by atoms with Gasteiger partial charge in [0.1, 0.15) is 5.75 Å². The van der Waals surface area contributed by atoms with Gasteiger partial charge in [0, 0.05) is 0 Å². The molecule has 0 heterocycles. The summed E-state index contributed by atoms with van der Waals surface area (Å²) in [6, 6.07) is 8.83. The Morgan fingerprint density at radius 2 is 1.88 bits per heavy atom. The minimum Gasteiger partial charge on any atom is -0.300 e. The average molecular weight is 249 g/mol. The highest BCUT2D eigenvalue weighted by molar-refractivity contribution is 7.97. The second-order valence-electron chi connectivity index (χ2n) is 3.09. The molecule has 0 spiro atoms. The van der Waals surface area contributed by atoms with E-state index < -0.39 is 17.8 Å². The summed E-state index contributed by atoms with van der Waals surface area (Å²) in [6.45, 7) is 0. The maximum Gasteiger partial charge on any atom is 0.399 e. The number of hydrogen-bond donors (Lipinski definition) is 1. The quantitative estimate of drug-likeness (QED) is 0.831. The molecule has 0 radical (unpaired) electrons. The van der Waals surface area contributed by atoms with Gasteiger partial charge < -0.3 is 0 Å². The van der Waals surface area contributed by atoms with Crippen LogP contribution in [0, 0.1) is 0 Å². The van der Waals surface area contributed by atoms with Gasteiger partial charge in [-0.25, -0.2) is 0 Å². The Morgan fingerprint density at radius 1 is 1.25 bits per heavy atom. The van der Waals surface area contributed by atoms with Crippen LogP contribution in [0.15, 0.2) is 30.3 Å². The molecule has 0 aliphatic heterocycles. The number of carbonyl (C=O) groups excluding carboxylic acids is 1. The molecule has 0 fully saturated rings. The summed E-state index contributed by atoms with van der Waals surface area (Å²) in [5.41, 5.74) is 0.771. The predicted octanol–water partition coefficient (Wildman–Crippen LogP) is 2.56. The second kappa shape index (κ2) is 5.79. The molecule has 1 rings (SSSR count). The van der Waals surface area contributed by atoms with Gasteiger partial charge in [-0.15, -0.1) is 0 Å². The van der Waals surface area contributed by atoms with E-state index in [0.717, 1.165) is 5.56 Å². The number of amides is 1. The topological polar surface area (TPSA) is 29.1 Å². The zero-order chi connectivity index (χ0) is 12.0. The largest absolute Gasteiger partial charge is 0.399 e. The third-order valence-corrected chi connectivity index (χ3v) is 2.47. The highest BCUT2D eigenvalue weighted by Gasteiger charge is 2.27. The lowest BCUT2D eigenvalue weighted by Crippen LogP contribution is -2.22. The molecule has 1 amide bonds. The molecular formula is C10H10F3NOS. The number of alkyl halides is 3. The number of hydrogen-bond acceptors (Lipinski definition) is 2. The van der Waals surface area contributed by atoms with Crippen molar-refractivity contribution in [1.82, 2.24) is 4.72 Å². The molecule has 0 saturated heterocycles. The van der Waals surface area contributed by atoms with Crippen LogP contribution in [0.1, 0.15) is 5.56 Å². The van der Waals surface area contributed by atoms with Gasteiger partial charge in [0.15, 0.2) is 0 Å². The lowest BCUT2D eigenvalue weighted by molar-refractivity contribution is -0.118. The highest BCUT2D eigenvalue weighted by atomic mass is 32.2. The van der Waals surface area contributed by atoms with Crippen molar-refractivity contribution < 1.29 is 18.0 Å². The Balaban J connectivity index is 2.27. The minimum absolute atomic E-state index is 0.0890. The summed E-state index contributed by atoms with van der Waals surface area (Å²) in [6.07, 6.45) is -4.17. The monoisotopic (exact) mass is 249 g/mol. The lowest BCUT2D eigenvalue weighted by atomic mass is 10.1. The SMILES string of the molecule is O=C(Cc1ccccc1)NSCC(F)(F)F. The maximum absolute atomic E-state index is 11.8. The first kappa shape index (κ1) is 12.9. The summed E-state index contributed by atoms with van der Waals surface area (Å²) in [5, 5.41) is 0. The van der Waals surface area contributed by atoms with E-state index in [4.69, 9.17) is 0 Å². The minimum atomic E-state index is -4.26. The van der Waals surface area contributed by atoms with E-state index in [1.54, 1.807) is 30.3 Å². The summed E-state index contributed by atoms with van der Waals surface area (Å²) < 4.78 is 37.4. The standard InChI is InChI=1S/C10H10F3NOS/c11-10(12,13)7-16-14-9(15)6-8-4-2-1-3-5-8/h1-5H,6-7H2,(H,14,15). The van der Waals surface area contributed by atoms with Gasteiger partial charge >= 0.3 is 6.18 Å². The second-order valence-corrected chi connectivity index (χ2v) is 3.87.